The zero-order chi connectivity index (χ0) is 19.4. The van der Waals surface area contributed by atoms with Crippen LogP contribution in [0.2, 0.25) is 0 Å². The Kier molecular flexibility index (Phi) is 3.61. The van der Waals surface area contributed by atoms with Gasteiger partial charge in [-0.25, -0.2) is 8.91 Å². The smallest absolute Gasteiger partial charge is 0.247 e. The van der Waals surface area contributed by atoms with Crippen molar-refractivity contribution in [2.75, 3.05) is 0 Å². The lowest BCUT2D eigenvalue weighted by atomic mass is 10.00. The van der Waals surface area contributed by atoms with Gasteiger partial charge in [-0.15, -0.1) is 0 Å². The minimum absolute atomic E-state index is 0.0676. The van der Waals surface area contributed by atoms with Gasteiger partial charge < -0.3 is 15.5 Å². The van der Waals surface area contributed by atoms with E-state index >= 15 is 0 Å². The molecule has 1 unspecified atom stereocenters. The van der Waals surface area contributed by atoms with Gasteiger partial charge in [0.2, 0.25) is 11.8 Å². The Balaban J connectivity index is 1.59. The lowest BCUT2D eigenvalue weighted by molar-refractivity contribution is -0.118. The molecule has 0 saturated heterocycles. The normalized spacial score (nSPS) is 16.0. The van der Waals surface area contributed by atoms with Crippen LogP contribution in [0.5, 0.6) is 11.6 Å². The molecule has 0 spiro atoms. The van der Waals surface area contributed by atoms with Gasteiger partial charge in [-0.05, 0) is 55.0 Å². The summed E-state index contributed by atoms with van der Waals surface area (Å²) in [5, 5.41) is 4.72. The first-order chi connectivity index (χ1) is 13.5. The van der Waals surface area contributed by atoms with Crippen molar-refractivity contribution in [3.05, 3.63) is 53.4 Å². The van der Waals surface area contributed by atoms with Crippen LogP contribution in [0.1, 0.15) is 35.6 Å². The minimum Gasteiger partial charge on any atom is -0.434 e. The van der Waals surface area contributed by atoms with Gasteiger partial charge in [-0.3, -0.25) is 4.79 Å². The lowest BCUT2D eigenvalue weighted by Crippen LogP contribution is -2.13. The Bertz CT molecular complexity index is 1240. The Hall–Kier alpha value is -3.42. The van der Waals surface area contributed by atoms with Gasteiger partial charge in [0, 0.05) is 29.2 Å². The number of H-pyrrole nitrogens is 1. The van der Waals surface area contributed by atoms with Crippen molar-refractivity contribution in [3.63, 3.8) is 0 Å². The Labute approximate surface area is 159 Å². The molecule has 0 fully saturated rings. The van der Waals surface area contributed by atoms with E-state index in [4.69, 9.17) is 10.5 Å². The molecule has 3 heterocycles. The van der Waals surface area contributed by atoms with Gasteiger partial charge >= 0.3 is 0 Å². The molecular weight excluding hydrogens is 361 g/mol. The van der Waals surface area contributed by atoms with Gasteiger partial charge in [0.05, 0.1) is 0 Å². The van der Waals surface area contributed by atoms with E-state index in [1.54, 1.807) is 22.7 Å². The standard InChI is InChI=1S/C20H18FN5O2/c1-10-6-13-15(25-10)4-5-16(18(13)21)28-20-19-12-3-2-11(7-17(22)27)14(12)8-26(19)24-9-23-20/h4-6,8-9,11,25H,2-3,7H2,1H3,(H2,22,27). The van der Waals surface area contributed by atoms with Crippen molar-refractivity contribution >= 4 is 22.3 Å². The number of hydrogen-bond donors (Lipinski definition) is 2. The molecule has 5 rings (SSSR count). The van der Waals surface area contributed by atoms with Crippen LogP contribution >= 0.6 is 0 Å². The highest BCUT2D eigenvalue weighted by atomic mass is 19.1. The number of amides is 1. The summed E-state index contributed by atoms with van der Waals surface area (Å²) < 4.78 is 22.5. The first kappa shape index (κ1) is 16.7. The largest absolute Gasteiger partial charge is 0.434 e. The number of benzene rings is 1. The van der Waals surface area contributed by atoms with Crippen molar-refractivity contribution in [2.24, 2.45) is 5.73 Å². The summed E-state index contributed by atoms with van der Waals surface area (Å²) >= 11 is 0. The van der Waals surface area contributed by atoms with Gasteiger partial charge in [-0.2, -0.15) is 10.1 Å². The van der Waals surface area contributed by atoms with E-state index in [1.165, 1.54) is 6.33 Å². The van der Waals surface area contributed by atoms with Crippen LogP contribution in [-0.4, -0.2) is 25.5 Å². The fourth-order valence-corrected chi connectivity index (χ4v) is 4.15. The maximum absolute atomic E-state index is 14.9. The topological polar surface area (TPSA) is 98.3 Å². The second-order valence-corrected chi connectivity index (χ2v) is 7.22. The number of carbonyl (C=O) groups excluding carboxylic acids is 1. The highest BCUT2D eigenvalue weighted by Gasteiger charge is 2.30. The highest BCUT2D eigenvalue weighted by Crippen LogP contribution is 2.41. The molecular formula is C20H18FN5O2. The van der Waals surface area contributed by atoms with Gasteiger partial charge in [-0.1, -0.05) is 0 Å². The first-order valence-electron chi connectivity index (χ1n) is 9.10. The predicted octanol–water partition coefficient (Wildman–Crippen LogP) is 3.36. The summed E-state index contributed by atoms with van der Waals surface area (Å²) in [7, 11) is 0. The molecule has 142 valence electrons. The number of nitrogens with zero attached hydrogens (tertiary/aromatic N) is 3. The number of nitrogens with one attached hydrogen (secondary N) is 1. The predicted molar refractivity (Wildman–Crippen MR) is 101 cm³/mol. The molecule has 4 aromatic rings. The number of primary amides is 1. The Morgan fingerprint density at radius 3 is 3.14 bits per heavy atom. The summed E-state index contributed by atoms with van der Waals surface area (Å²) in [6.45, 7) is 1.88. The SMILES string of the molecule is Cc1cc2c(F)c(Oc3ncnn4cc5c(c34)CCC5CC(N)=O)ccc2[nH]1. The monoisotopic (exact) mass is 379 g/mol. The van der Waals surface area contributed by atoms with Crippen molar-refractivity contribution in [2.45, 2.75) is 32.1 Å². The van der Waals surface area contributed by atoms with Crippen LogP contribution in [0, 0.1) is 12.7 Å². The molecule has 1 aliphatic rings. The first-order valence-corrected chi connectivity index (χ1v) is 9.10. The average Bonchev–Trinajstić information content (AvgIpc) is 3.31. The molecule has 1 amide bonds. The van der Waals surface area contributed by atoms with E-state index in [-0.39, 0.29) is 17.6 Å². The highest BCUT2D eigenvalue weighted by molar-refractivity contribution is 5.83. The minimum atomic E-state index is -0.437. The van der Waals surface area contributed by atoms with Crippen LogP contribution in [0.3, 0.4) is 0 Å². The molecule has 7 nitrogen and oxygen atoms in total. The van der Waals surface area contributed by atoms with Gasteiger partial charge in [0.15, 0.2) is 11.6 Å². The summed E-state index contributed by atoms with van der Waals surface area (Å²) in [6, 6.07) is 5.12. The number of nitrogens with two attached hydrogens (primary N) is 1. The fourth-order valence-electron chi connectivity index (χ4n) is 4.15. The van der Waals surface area contributed by atoms with E-state index in [2.05, 4.69) is 15.1 Å². The molecule has 1 aromatic carbocycles. The second-order valence-electron chi connectivity index (χ2n) is 7.22. The number of rotatable bonds is 4. The van der Waals surface area contributed by atoms with Crippen LogP contribution in [0.4, 0.5) is 4.39 Å². The van der Waals surface area contributed by atoms with E-state index in [0.29, 0.717) is 28.7 Å². The van der Waals surface area contributed by atoms with E-state index in [1.807, 2.05) is 13.1 Å². The molecule has 1 aliphatic carbocycles. The number of fused-ring (bicyclic) bond motifs is 4. The Morgan fingerprint density at radius 2 is 2.32 bits per heavy atom. The van der Waals surface area contributed by atoms with Crippen LogP contribution in [0.15, 0.2) is 30.7 Å². The molecule has 0 saturated carbocycles. The number of carbonyl (C=O) groups is 1. The lowest BCUT2D eigenvalue weighted by Gasteiger charge is -2.08. The summed E-state index contributed by atoms with van der Waals surface area (Å²) in [6.07, 6.45) is 5.16. The quantitative estimate of drug-likeness (QED) is 0.568. The maximum atomic E-state index is 14.9. The number of hydrogen-bond acceptors (Lipinski definition) is 4. The molecule has 3 aromatic heterocycles. The third-order valence-electron chi connectivity index (χ3n) is 5.35. The summed E-state index contributed by atoms with van der Waals surface area (Å²) in [5.41, 5.74) is 9.73. The second kappa shape index (κ2) is 6.05. The van der Waals surface area contributed by atoms with Crippen LogP contribution in [0.25, 0.3) is 16.4 Å². The van der Waals surface area contributed by atoms with Gasteiger partial charge in [0.25, 0.3) is 0 Å². The van der Waals surface area contributed by atoms with Crippen LogP contribution < -0.4 is 10.5 Å². The third-order valence-corrected chi connectivity index (χ3v) is 5.35. The van der Waals surface area contributed by atoms with E-state index in [0.717, 1.165) is 29.7 Å². The molecule has 0 aliphatic heterocycles. The van der Waals surface area contributed by atoms with Crippen molar-refractivity contribution in [1.82, 2.24) is 19.6 Å². The molecule has 1 atom stereocenters. The number of aromatic amines is 1. The summed E-state index contributed by atoms with van der Waals surface area (Å²) in [5.74, 6) is -0.297. The zero-order valence-electron chi connectivity index (χ0n) is 15.2. The number of aromatic nitrogens is 4. The number of ether oxygens (including phenoxy) is 1. The molecule has 8 heteroatoms. The molecule has 0 bridgehead atoms. The molecule has 0 radical (unpaired) electrons. The molecule has 3 N–H and O–H groups in total. The number of aryl methyl sites for hydroxylation is 2. The maximum Gasteiger partial charge on any atom is 0.247 e. The number of halogens is 1. The third kappa shape index (κ3) is 2.52. The fraction of sp³-hybridized carbons (Fsp3) is 0.250. The van der Waals surface area contributed by atoms with E-state index < -0.39 is 5.82 Å². The van der Waals surface area contributed by atoms with Gasteiger partial charge in [0.1, 0.15) is 11.8 Å². The van der Waals surface area contributed by atoms with Crippen molar-refractivity contribution < 1.29 is 13.9 Å². The summed E-state index contributed by atoms with van der Waals surface area (Å²) in [4.78, 5) is 18.7. The van der Waals surface area contributed by atoms with Crippen molar-refractivity contribution in [3.8, 4) is 11.6 Å². The molecule has 28 heavy (non-hydrogen) atoms. The van der Waals surface area contributed by atoms with E-state index in [9.17, 15) is 9.18 Å². The van der Waals surface area contributed by atoms with Crippen LogP contribution in [-0.2, 0) is 11.2 Å². The Morgan fingerprint density at radius 1 is 1.46 bits per heavy atom. The average molecular weight is 379 g/mol. The zero-order valence-corrected chi connectivity index (χ0v) is 15.2. The van der Waals surface area contributed by atoms with Crippen molar-refractivity contribution in [1.29, 1.82) is 0 Å².